The average Bonchev–Trinajstić information content (AvgIpc) is 2.46. The van der Waals surface area contributed by atoms with E-state index in [1.54, 1.807) is 0 Å². The first-order valence-corrected chi connectivity index (χ1v) is 7.31. The largest absolute Gasteiger partial charge is 0.349 e. The highest BCUT2D eigenvalue weighted by molar-refractivity contribution is 5.80. The van der Waals surface area contributed by atoms with Gasteiger partial charge in [0.25, 0.3) is 0 Å². The number of hydrogen-bond donors (Lipinski definition) is 2. The van der Waals surface area contributed by atoms with Crippen molar-refractivity contribution in [2.45, 2.75) is 45.2 Å². The molecule has 1 fully saturated rings. The van der Waals surface area contributed by atoms with Gasteiger partial charge in [-0.2, -0.15) is 0 Å². The summed E-state index contributed by atoms with van der Waals surface area (Å²) in [7, 11) is 0. The van der Waals surface area contributed by atoms with Crippen molar-refractivity contribution in [2.75, 3.05) is 6.54 Å². The van der Waals surface area contributed by atoms with Gasteiger partial charge in [-0.25, -0.2) is 0 Å². The lowest BCUT2D eigenvalue weighted by Gasteiger charge is -2.30. The van der Waals surface area contributed by atoms with Crippen molar-refractivity contribution < 1.29 is 4.79 Å². The van der Waals surface area contributed by atoms with Crippen molar-refractivity contribution in [1.82, 2.24) is 10.6 Å². The highest BCUT2D eigenvalue weighted by Gasteiger charge is 2.28. The molecule has 2 N–H and O–H groups in total. The van der Waals surface area contributed by atoms with Crippen molar-refractivity contribution in [1.29, 1.82) is 0 Å². The highest BCUT2D eigenvalue weighted by atomic mass is 16.2. The first-order chi connectivity index (χ1) is 9.22. The summed E-state index contributed by atoms with van der Waals surface area (Å²) < 4.78 is 0. The summed E-state index contributed by atoms with van der Waals surface area (Å²) in [6, 6.07) is 10.6. The fourth-order valence-electron chi connectivity index (χ4n) is 2.79. The smallest absolute Gasteiger partial charge is 0.225 e. The minimum atomic E-state index is 0.103. The molecule has 1 aliphatic heterocycles. The molecular weight excluding hydrogens is 236 g/mol. The summed E-state index contributed by atoms with van der Waals surface area (Å²) in [4.78, 5) is 12.4. The van der Waals surface area contributed by atoms with Crippen LogP contribution in [0.25, 0.3) is 0 Å². The number of rotatable bonds is 4. The van der Waals surface area contributed by atoms with Crippen LogP contribution in [0.5, 0.6) is 0 Å². The van der Waals surface area contributed by atoms with E-state index < -0.39 is 0 Å². The van der Waals surface area contributed by atoms with Crippen LogP contribution in [0.4, 0.5) is 0 Å². The third kappa shape index (κ3) is 3.57. The van der Waals surface area contributed by atoms with E-state index in [-0.39, 0.29) is 23.9 Å². The second-order valence-corrected chi connectivity index (χ2v) is 5.37. The van der Waals surface area contributed by atoms with Crippen LogP contribution in [-0.4, -0.2) is 18.5 Å². The van der Waals surface area contributed by atoms with Crippen LogP contribution in [-0.2, 0) is 4.79 Å². The number of carbonyl (C=O) groups excluding carboxylic acids is 1. The fraction of sp³-hybridized carbons (Fsp3) is 0.562. The van der Waals surface area contributed by atoms with Gasteiger partial charge in [-0.1, -0.05) is 37.3 Å². The lowest BCUT2D eigenvalue weighted by molar-refractivity contribution is -0.127. The minimum Gasteiger partial charge on any atom is -0.349 e. The van der Waals surface area contributed by atoms with Crippen LogP contribution in [0.1, 0.15) is 44.7 Å². The molecule has 0 aliphatic carbocycles. The number of carbonyl (C=O) groups is 1. The Morgan fingerprint density at radius 1 is 1.42 bits per heavy atom. The Morgan fingerprint density at radius 2 is 2.16 bits per heavy atom. The zero-order valence-electron chi connectivity index (χ0n) is 11.9. The van der Waals surface area contributed by atoms with Crippen molar-refractivity contribution in [3.05, 3.63) is 35.9 Å². The van der Waals surface area contributed by atoms with E-state index in [4.69, 9.17) is 0 Å². The molecule has 0 aromatic heterocycles. The SMILES string of the molecule is CCC(NC(=O)C1CCCNC1C)c1ccccc1. The summed E-state index contributed by atoms with van der Waals surface area (Å²) in [6.45, 7) is 5.24. The third-order valence-corrected chi connectivity index (χ3v) is 4.03. The molecule has 1 aromatic rings. The van der Waals surface area contributed by atoms with Gasteiger partial charge in [0.15, 0.2) is 0 Å². The number of hydrogen-bond acceptors (Lipinski definition) is 2. The predicted molar refractivity (Wildman–Crippen MR) is 77.8 cm³/mol. The maximum Gasteiger partial charge on any atom is 0.225 e. The maximum absolute atomic E-state index is 12.4. The van der Waals surface area contributed by atoms with E-state index >= 15 is 0 Å². The van der Waals surface area contributed by atoms with Crippen molar-refractivity contribution in [3.8, 4) is 0 Å². The Hall–Kier alpha value is -1.35. The second kappa shape index (κ2) is 6.71. The Bertz CT molecular complexity index is 404. The van der Waals surface area contributed by atoms with Crippen LogP contribution in [0.3, 0.4) is 0 Å². The Balaban J connectivity index is 2.00. The summed E-state index contributed by atoms with van der Waals surface area (Å²) in [5.74, 6) is 0.293. The molecule has 1 aromatic carbocycles. The molecule has 104 valence electrons. The molecule has 19 heavy (non-hydrogen) atoms. The molecule has 3 nitrogen and oxygen atoms in total. The number of piperidine rings is 1. The number of amides is 1. The van der Waals surface area contributed by atoms with Crippen LogP contribution in [0.2, 0.25) is 0 Å². The van der Waals surface area contributed by atoms with Crippen LogP contribution < -0.4 is 10.6 Å². The second-order valence-electron chi connectivity index (χ2n) is 5.37. The van der Waals surface area contributed by atoms with Gasteiger partial charge in [0.05, 0.1) is 12.0 Å². The molecule has 3 atom stereocenters. The lowest BCUT2D eigenvalue weighted by Crippen LogP contribution is -2.47. The predicted octanol–water partition coefficient (Wildman–Crippen LogP) is 2.64. The minimum absolute atomic E-state index is 0.103. The van der Waals surface area contributed by atoms with Gasteiger partial charge in [-0.3, -0.25) is 4.79 Å². The summed E-state index contributed by atoms with van der Waals surface area (Å²) in [6.07, 6.45) is 3.00. The molecule has 3 heteroatoms. The first kappa shape index (κ1) is 14.1. The monoisotopic (exact) mass is 260 g/mol. The molecule has 0 saturated carbocycles. The van der Waals surface area contributed by atoms with Gasteiger partial charge in [0.2, 0.25) is 5.91 Å². The molecule has 1 heterocycles. The number of benzene rings is 1. The molecule has 0 radical (unpaired) electrons. The Kier molecular flexibility index (Phi) is 4.97. The molecule has 1 saturated heterocycles. The molecular formula is C16H24N2O. The Morgan fingerprint density at radius 3 is 2.79 bits per heavy atom. The van der Waals surface area contributed by atoms with Crippen molar-refractivity contribution >= 4 is 5.91 Å². The number of nitrogens with one attached hydrogen (secondary N) is 2. The van der Waals surface area contributed by atoms with E-state index in [2.05, 4.69) is 36.6 Å². The van der Waals surface area contributed by atoms with Gasteiger partial charge in [0, 0.05) is 6.04 Å². The molecule has 1 amide bonds. The van der Waals surface area contributed by atoms with Crippen molar-refractivity contribution in [2.24, 2.45) is 5.92 Å². The summed E-state index contributed by atoms with van der Waals surface area (Å²) >= 11 is 0. The van der Waals surface area contributed by atoms with E-state index in [9.17, 15) is 4.79 Å². The quantitative estimate of drug-likeness (QED) is 0.874. The zero-order valence-corrected chi connectivity index (χ0v) is 11.9. The van der Waals surface area contributed by atoms with Crippen LogP contribution in [0, 0.1) is 5.92 Å². The molecule has 3 unspecified atom stereocenters. The van der Waals surface area contributed by atoms with Gasteiger partial charge >= 0.3 is 0 Å². The maximum atomic E-state index is 12.4. The topological polar surface area (TPSA) is 41.1 Å². The molecule has 1 aliphatic rings. The normalized spacial score (nSPS) is 24.7. The summed E-state index contributed by atoms with van der Waals surface area (Å²) in [5, 5.41) is 6.59. The molecule has 0 bridgehead atoms. The molecule has 2 rings (SSSR count). The van der Waals surface area contributed by atoms with E-state index in [1.807, 2.05) is 18.2 Å². The van der Waals surface area contributed by atoms with E-state index in [0.29, 0.717) is 0 Å². The fourth-order valence-corrected chi connectivity index (χ4v) is 2.79. The van der Waals surface area contributed by atoms with Gasteiger partial charge in [0.1, 0.15) is 0 Å². The van der Waals surface area contributed by atoms with Gasteiger partial charge < -0.3 is 10.6 Å². The standard InChI is InChI=1S/C16H24N2O/c1-3-15(13-8-5-4-6-9-13)18-16(19)14-10-7-11-17-12(14)2/h4-6,8-9,12,14-15,17H,3,7,10-11H2,1-2H3,(H,18,19). The van der Waals surface area contributed by atoms with E-state index in [1.165, 1.54) is 5.56 Å². The van der Waals surface area contributed by atoms with Gasteiger partial charge in [-0.05, 0) is 38.3 Å². The molecule has 0 spiro atoms. The summed E-state index contributed by atoms with van der Waals surface area (Å²) in [5.41, 5.74) is 1.19. The Labute approximate surface area is 115 Å². The van der Waals surface area contributed by atoms with Gasteiger partial charge in [-0.15, -0.1) is 0 Å². The van der Waals surface area contributed by atoms with Crippen LogP contribution in [0.15, 0.2) is 30.3 Å². The van der Waals surface area contributed by atoms with Crippen LogP contribution >= 0.6 is 0 Å². The highest BCUT2D eigenvalue weighted by Crippen LogP contribution is 2.20. The third-order valence-electron chi connectivity index (χ3n) is 4.03. The van der Waals surface area contributed by atoms with Crippen molar-refractivity contribution in [3.63, 3.8) is 0 Å². The first-order valence-electron chi connectivity index (χ1n) is 7.31. The van der Waals surface area contributed by atoms with E-state index in [0.717, 1.165) is 25.8 Å². The average molecular weight is 260 g/mol. The zero-order chi connectivity index (χ0) is 13.7. The lowest BCUT2D eigenvalue weighted by atomic mass is 9.90.